The third-order valence-corrected chi connectivity index (χ3v) is 3.10. The maximum Gasteiger partial charge on any atom is 0.156 e. The van der Waals surface area contributed by atoms with Crippen LogP contribution in [-0.4, -0.2) is 19.2 Å². The monoisotopic (exact) mass is 279 g/mol. The molecule has 1 saturated carbocycles. The van der Waals surface area contributed by atoms with Crippen molar-refractivity contribution in [1.82, 2.24) is 5.32 Å². The zero-order valence-corrected chi connectivity index (χ0v) is 10.9. The SMILES string of the molecule is Clc1cc(Cl)c(OCCNC2CC2)c(Cl)c1. The molecule has 1 aliphatic rings. The Hall–Kier alpha value is -0.150. The Balaban J connectivity index is 1.87. The summed E-state index contributed by atoms with van der Waals surface area (Å²) in [5.74, 6) is 0.505. The highest BCUT2D eigenvalue weighted by molar-refractivity contribution is 6.40. The maximum atomic E-state index is 5.97. The summed E-state index contributed by atoms with van der Waals surface area (Å²) < 4.78 is 5.52. The van der Waals surface area contributed by atoms with E-state index in [2.05, 4.69) is 5.32 Å². The molecule has 1 aromatic rings. The minimum Gasteiger partial charge on any atom is -0.489 e. The largest absolute Gasteiger partial charge is 0.489 e. The molecule has 1 aliphatic carbocycles. The molecule has 0 amide bonds. The Bertz CT molecular complexity index is 356. The van der Waals surface area contributed by atoms with Gasteiger partial charge >= 0.3 is 0 Å². The molecule has 1 aromatic carbocycles. The maximum absolute atomic E-state index is 5.97. The third-order valence-electron chi connectivity index (χ3n) is 2.32. The van der Waals surface area contributed by atoms with Crippen molar-refractivity contribution in [2.75, 3.05) is 13.2 Å². The number of rotatable bonds is 5. The average molecular weight is 281 g/mol. The van der Waals surface area contributed by atoms with Gasteiger partial charge in [0.05, 0.1) is 10.0 Å². The van der Waals surface area contributed by atoms with Crippen molar-refractivity contribution in [3.05, 3.63) is 27.2 Å². The number of ether oxygens (including phenoxy) is 1. The van der Waals surface area contributed by atoms with Crippen LogP contribution in [0.15, 0.2) is 12.1 Å². The van der Waals surface area contributed by atoms with Crippen LogP contribution >= 0.6 is 34.8 Å². The number of benzene rings is 1. The fraction of sp³-hybridized carbons (Fsp3) is 0.455. The van der Waals surface area contributed by atoms with Crippen LogP contribution in [0.5, 0.6) is 5.75 Å². The summed E-state index contributed by atoms with van der Waals surface area (Å²) in [5, 5.41) is 4.75. The third kappa shape index (κ3) is 3.42. The molecule has 5 heteroatoms. The van der Waals surface area contributed by atoms with Gasteiger partial charge in [0.2, 0.25) is 0 Å². The molecule has 0 aromatic heterocycles. The molecule has 0 unspecified atom stereocenters. The minimum atomic E-state index is 0.448. The lowest BCUT2D eigenvalue weighted by atomic mass is 10.3. The van der Waals surface area contributed by atoms with E-state index < -0.39 is 0 Å². The van der Waals surface area contributed by atoms with Crippen molar-refractivity contribution in [1.29, 1.82) is 0 Å². The van der Waals surface area contributed by atoms with Crippen molar-refractivity contribution in [3.8, 4) is 5.75 Å². The van der Waals surface area contributed by atoms with Gasteiger partial charge < -0.3 is 10.1 Å². The molecule has 16 heavy (non-hydrogen) atoms. The molecule has 1 N–H and O–H groups in total. The van der Waals surface area contributed by atoms with Gasteiger partial charge in [0, 0.05) is 17.6 Å². The van der Waals surface area contributed by atoms with Crippen LogP contribution in [0.4, 0.5) is 0 Å². The highest BCUT2D eigenvalue weighted by atomic mass is 35.5. The number of hydrogen-bond acceptors (Lipinski definition) is 2. The highest BCUT2D eigenvalue weighted by Crippen LogP contribution is 2.35. The van der Waals surface area contributed by atoms with E-state index in [9.17, 15) is 0 Å². The van der Waals surface area contributed by atoms with E-state index in [1.54, 1.807) is 12.1 Å². The summed E-state index contributed by atoms with van der Waals surface area (Å²) in [6.45, 7) is 1.36. The molecule has 0 saturated heterocycles. The average Bonchev–Trinajstić information content (AvgIpc) is 2.98. The lowest BCUT2D eigenvalue weighted by Gasteiger charge is -2.10. The Kier molecular flexibility index (Phi) is 4.20. The Labute approximate surface area is 110 Å². The first-order valence-electron chi connectivity index (χ1n) is 5.17. The van der Waals surface area contributed by atoms with E-state index in [1.807, 2.05) is 0 Å². The molecule has 2 rings (SSSR count). The predicted molar refractivity (Wildman–Crippen MR) is 68.0 cm³/mol. The smallest absolute Gasteiger partial charge is 0.156 e. The van der Waals surface area contributed by atoms with Crippen LogP contribution in [0, 0.1) is 0 Å². The standard InChI is InChI=1S/C11H12Cl3NO/c12-7-5-9(13)11(10(14)6-7)16-4-3-15-8-1-2-8/h5-6,8,15H,1-4H2. The van der Waals surface area contributed by atoms with Gasteiger partial charge in [0.25, 0.3) is 0 Å². The van der Waals surface area contributed by atoms with E-state index >= 15 is 0 Å². The molecule has 88 valence electrons. The Morgan fingerprint density at radius 3 is 2.38 bits per heavy atom. The molecular weight excluding hydrogens is 268 g/mol. The van der Waals surface area contributed by atoms with E-state index in [1.165, 1.54) is 12.8 Å². The fourth-order valence-electron chi connectivity index (χ4n) is 1.37. The van der Waals surface area contributed by atoms with Crippen LogP contribution in [0.25, 0.3) is 0 Å². The molecule has 0 radical (unpaired) electrons. The molecule has 0 heterocycles. The summed E-state index contributed by atoms with van der Waals surface area (Å²) in [6.07, 6.45) is 2.53. The van der Waals surface area contributed by atoms with Gasteiger partial charge in [0.1, 0.15) is 6.61 Å². The van der Waals surface area contributed by atoms with E-state index in [4.69, 9.17) is 39.5 Å². The topological polar surface area (TPSA) is 21.3 Å². The Morgan fingerprint density at radius 2 is 1.81 bits per heavy atom. The summed E-state index contributed by atoms with van der Waals surface area (Å²) in [4.78, 5) is 0. The molecule has 0 spiro atoms. The van der Waals surface area contributed by atoms with Gasteiger partial charge in [-0.1, -0.05) is 34.8 Å². The predicted octanol–water partition coefficient (Wildman–Crippen LogP) is 3.78. The van der Waals surface area contributed by atoms with Crippen molar-refractivity contribution in [2.45, 2.75) is 18.9 Å². The Morgan fingerprint density at radius 1 is 1.19 bits per heavy atom. The molecule has 0 aliphatic heterocycles. The van der Waals surface area contributed by atoms with E-state index in [0.29, 0.717) is 33.5 Å². The van der Waals surface area contributed by atoms with Crippen LogP contribution in [0.1, 0.15) is 12.8 Å². The second-order valence-corrected chi connectivity index (χ2v) is 5.03. The first-order valence-corrected chi connectivity index (χ1v) is 6.31. The van der Waals surface area contributed by atoms with Gasteiger partial charge in [-0.05, 0) is 25.0 Å². The summed E-state index contributed by atoms with van der Waals surface area (Å²) in [5.41, 5.74) is 0. The summed E-state index contributed by atoms with van der Waals surface area (Å²) in [6, 6.07) is 3.93. The summed E-state index contributed by atoms with van der Waals surface area (Å²) in [7, 11) is 0. The van der Waals surface area contributed by atoms with Gasteiger partial charge in [-0.3, -0.25) is 0 Å². The van der Waals surface area contributed by atoms with Crippen LogP contribution in [0.3, 0.4) is 0 Å². The lowest BCUT2D eigenvalue weighted by molar-refractivity contribution is 0.314. The van der Waals surface area contributed by atoms with E-state index in [-0.39, 0.29) is 0 Å². The first kappa shape index (κ1) is 12.3. The van der Waals surface area contributed by atoms with Crippen LogP contribution in [0.2, 0.25) is 15.1 Å². The normalized spacial score (nSPS) is 15.2. The van der Waals surface area contributed by atoms with Gasteiger partial charge in [-0.25, -0.2) is 0 Å². The van der Waals surface area contributed by atoms with Crippen LogP contribution in [-0.2, 0) is 0 Å². The van der Waals surface area contributed by atoms with Crippen LogP contribution < -0.4 is 10.1 Å². The quantitative estimate of drug-likeness (QED) is 0.829. The molecular formula is C11H12Cl3NO. The van der Waals surface area contributed by atoms with Crippen molar-refractivity contribution in [2.24, 2.45) is 0 Å². The van der Waals surface area contributed by atoms with Gasteiger partial charge in [-0.2, -0.15) is 0 Å². The molecule has 0 bridgehead atoms. The molecule has 1 fully saturated rings. The number of halogens is 3. The van der Waals surface area contributed by atoms with Crippen molar-refractivity contribution < 1.29 is 4.74 Å². The first-order chi connectivity index (χ1) is 7.66. The zero-order chi connectivity index (χ0) is 11.5. The molecule has 0 atom stereocenters. The highest BCUT2D eigenvalue weighted by Gasteiger charge is 2.19. The number of nitrogens with one attached hydrogen (secondary N) is 1. The molecule has 2 nitrogen and oxygen atoms in total. The minimum absolute atomic E-state index is 0.448. The van der Waals surface area contributed by atoms with Crippen molar-refractivity contribution in [3.63, 3.8) is 0 Å². The van der Waals surface area contributed by atoms with Gasteiger partial charge in [-0.15, -0.1) is 0 Å². The lowest BCUT2D eigenvalue weighted by Crippen LogP contribution is -2.22. The summed E-state index contributed by atoms with van der Waals surface area (Å²) >= 11 is 17.7. The fourth-order valence-corrected chi connectivity index (χ4v) is 2.30. The van der Waals surface area contributed by atoms with E-state index in [0.717, 1.165) is 6.54 Å². The van der Waals surface area contributed by atoms with Crippen molar-refractivity contribution >= 4 is 34.8 Å². The van der Waals surface area contributed by atoms with Gasteiger partial charge in [0.15, 0.2) is 5.75 Å². The zero-order valence-electron chi connectivity index (χ0n) is 8.60. The number of hydrogen-bond donors (Lipinski definition) is 1. The second kappa shape index (κ2) is 5.46. The second-order valence-electron chi connectivity index (χ2n) is 3.78.